The molecule has 0 aliphatic rings. The molecule has 0 saturated carbocycles. The first-order chi connectivity index (χ1) is 13.3. The molecule has 0 fully saturated rings. The third kappa shape index (κ3) is 4.96. The van der Waals surface area contributed by atoms with Crippen molar-refractivity contribution in [3.05, 3.63) is 88.7 Å². The summed E-state index contributed by atoms with van der Waals surface area (Å²) in [4.78, 5) is 16.4. The maximum atomic E-state index is 12.5. The van der Waals surface area contributed by atoms with Gasteiger partial charge < -0.3 is 5.32 Å². The molecule has 1 amide bonds. The normalized spacial score (nSPS) is 12.2. The molecule has 144 valence electrons. The number of halogens is 1. The Labute approximate surface area is 172 Å². The topological polar surface area (TPSA) is 88.2 Å². The lowest BCUT2D eigenvalue weighted by atomic mass is 10.1. The van der Waals surface area contributed by atoms with Gasteiger partial charge in [0.1, 0.15) is 0 Å². The number of sulfonamides is 1. The Morgan fingerprint density at radius 3 is 2.36 bits per heavy atom. The molecule has 1 aromatic heterocycles. The van der Waals surface area contributed by atoms with E-state index in [0.717, 1.165) is 10.0 Å². The van der Waals surface area contributed by atoms with Crippen LogP contribution in [0.5, 0.6) is 0 Å². The first-order valence-corrected chi connectivity index (χ1v) is 10.7. The molecular formula is C20H18BrN3O3S. The predicted octanol–water partition coefficient (Wildman–Crippen LogP) is 4.14. The van der Waals surface area contributed by atoms with Crippen molar-refractivity contribution < 1.29 is 13.2 Å². The lowest BCUT2D eigenvalue weighted by molar-refractivity contribution is 0.0940. The monoisotopic (exact) mass is 459 g/mol. The van der Waals surface area contributed by atoms with Gasteiger partial charge in [0.05, 0.1) is 16.6 Å². The van der Waals surface area contributed by atoms with Crippen molar-refractivity contribution in [3.63, 3.8) is 0 Å². The molecule has 0 aliphatic carbocycles. The quantitative estimate of drug-likeness (QED) is 0.579. The average Bonchev–Trinajstić information content (AvgIpc) is 2.68. The van der Waals surface area contributed by atoms with Gasteiger partial charge >= 0.3 is 0 Å². The van der Waals surface area contributed by atoms with E-state index >= 15 is 0 Å². The number of pyridine rings is 1. The molecule has 0 radical (unpaired) electrons. The van der Waals surface area contributed by atoms with Crippen molar-refractivity contribution in [1.82, 2.24) is 10.3 Å². The summed E-state index contributed by atoms with van der Waals surface area (Å²) in [5.74, 6) is -0.279. The minimum absolute atomic E-state index is 0.0703. The maximum absolute atomic E-state index is 12.5. The predicted molar refractivity (Wildman–Crippen MR) is 112 cm³/mol. The Morgan fingerprint density at radius 2 is 1.71 bits per heavy atom. The van der Waals surface area contributed by atoms with E-state index < -0.39 is 10.0 Å². The number of hydrogen-bond donors (Lipinski definition) is 2. The number of carbonyl (C=O) groups excluding carboxylic acids is 1. The molecule has 0 saturated heterocycles. The van der Waals surface area contributed by atoms with Crippen LogP contribution in [-0.4, -0.2) is 19.3 Å². The van der Waals surface area contributed by atoms with Crippen LogP contribution in [0.2, 0.25) is 0 Å². The van der Waals surface area contributed by atoms with Gasteiger partial charge in [0.15, 0.2) is 0 Å². The largest absolute Gasteiger partial charge is 0.346 e. The molecule has 28 heavy (non-hydrogen) atoms. The van der Waals surface area contributed by atoms with Crippen LogP contribution >= 0.6 is 15.9 Å². The van der Waals surface area contributed by atoms with Crippen LogP contribution in [0.3, 0.4) is 0 Å². The van der Waals surface area contributed by atoms with Crippen LogP contribution < -0.4 is 10.0 Å². The lowest BCUT2D eigenvalue weighted by Gasteiger charge is -2.15. The number of carbonyl (C=O) groups is 1. The highest BCUT2D eigenvalue weighted by Crippen LogP contribution is 2.19. The molecule has 1 heterocycles. The smallest absolute Gasteiger partial charge is 0.261 e. The van der Waals surface area contributed by atoms with Gasteiger partial charge in [-0.05, 0) is 61.0 Å². The SMILES string of the molecule is CC(NC(=O)c1ccc(S(=O)(=O)Nc2ccncc2)cc1)c1cccc(Br)c1. The molecule has 1 unspecified atom stereocenters. The molecule has 3 rings (SSSR count). The summed E-state index contributed by atoms with van der Waals surface area (Å²) >= 11 is 3.41. The van der Waals surface area contributed by atoms with Gasteiger partial charge in [-0.25, -0.2) is 8.42 Å². The highest BCUT2D eigenvalue weighted by atomic mass is 79.9. The molecule has 2 aromatic carbocycles. The number of rotatable bonds is 6. The third-order valence-corrected chi connectivity index (χ3v) is 5.95. The van der Waals surface area contributed by atoms with Crippen LogP contribution in [-0.2, 0) is 10.0 Å². The molecule has 0 spiro atoms. The van der Waals surface area contributed by atoms with Crippen molar-refractivity contribution >= 4 is 37.5 Å². The van der Waals surface area contributed by atoms with Crippen molar-refractivity contribution in [1.29, 1.82) is 0 Å². The van der Waals surface area contributed by atoms with E-state index in [4.69, 9.17) is 0 Å². The molecular weight excluding hydrogens is 442 g/mol. The van der Waals surface area contributed by atoms with E-state index in [2.05, 4.69) is 31.0 Å². The Kier molecular flexibility index (Phi) is 6.11. The van der Waals surface area contributed by atoms with Gasteiger partial charge in [0.2, 0.25) is 0 Å². The Balaban J connectivity index is 1.70. The zero-order valence-electron chi connectivity index (χ0n) is 15.0. The molecule has 3 aromatic rings. The van der Waals surface area contributed by atoms with Crippen LogP contribution in [0.1, 0.15) is 28.9 Å². The summed E-state index contributed by atoms with van der Waals surface area (Å²) < 4.78 is 28.3. The van der Waals surface area contributed by atoms with E-state index in [1.165, 1.54) is 36.7 Å². The highest BCUT2D eigenvalue weighted by molar-refractivity contribution is 9.10. The van der Waals surface area contributed by atoms with Crippen molar-refractivity contribution in [2.24, 2.45) is 0 Å². The van der Waals surface area contributed by atoms with Gasteiger partial charge in [-0.3, -0.25) is 14.5 Å². The highest BCUT2D eigenvalue weighted by Gasteiger charge is 2.16. The Hall–Kier alpha value is -2.71. The second kappa shape index (κ2) is 8.53. The molecule has 0 aliphatic heterocycles. The summed E-state index contributed by atoms with van der Waals surface area (Å²) in [6.07, 6.45) is 3.00. The van der Waals surface area contributed by atoms with E-state index in [0.29, 0.717) is 11.3 Å². The van der Waals surface area contributed by atoms with Gasteiger partial charge in [-0.2, -0.15) is 0 Å². The molecule has 0 bridgehead atoms. The minimum atomic E-state index is -3.74. The molecule has 8 heteroatoms. The minimum Gasteiger partial charge on any atom is -0.346 e. The third-order valence-electron chi connectivity index (χ3n) is 4.06. The summed E-state index contributed by atoms with van der Waals surface area (Å²) in [5, 5.41) is 2.91. The summed E-state index contributed by atoms with van der Waals surface area (Å²) in [6, 6.07) is 16.4. The summed E-state index contributed by atoms with van der Waals surface area (Å²) in [7, 11) is -3.74. The van der Waals surface area contributed by atoms with Gasteiger partial charge in [-0.15, -0.1) is 0 Å². The van der Waals surface area contributed by atoms with Crippen LogP contribution in [0.15, 0.2) is 82.4 Å². The second-order valence-electron chi connectivity index (χ2n) is 6.12. The van der Waals surface area contributed by atoms with Gasteiger partial charge in [0, 0.05) is 22.4 Å². The van der Waals surface area contributed by atoms with E-state index in [1.807, 2.05) is 31.2 Å². The summed E-state index contributed by atoms with van der Waals surface area (Å²) in [6.45, 7) is 1.89. The number of anilines is 1. The average molecular weight is 460 g/mol. The number of amides is 1. The number of aromatic nitrogens is 1. The maximum Gasteiger partial charge on any atom is 0.261 e. The fourth-order valence-corrected chi connectivity index (χ4v) is 4.03. The number of benzene rings is 2. The second-order valence-corrected chi connectivity index (χ2v) is 8.71. The number of hydrogen-bond acceptors (Lipinski definition) is 4. The van der Waals surface area contributed by atoms with E-state index in [1.54, 1.807) is 12.1 Å². The summed E-state index contributed by atoms with van der Waals surface area (Å²) in [5.41, 5.74) is 1.76. The van der Waals surface area contributed by atoms with E-state index in [9.17, 15) is 13.2 Å². The molecule has 6 nitrogen and oxygen atoms in total. The van der Waals surface area contributed by atoms with Crippen LogP contribution in [0.25, 0.3) is 0 Å². The zero-order valence-corrected chi connectivity index (χ0v) is 17.4. The first-order valence-electron chi connectivity index (χ1n) is 8.44. The Bertz CT molecular complexity index is 1070. The first kappa shape index (κ1) is 20.0. The van der Waals surface area contributed by atoms with Crippen molar-refractivity contribution in [2.75, 3.05) is 4.72 Å². The fraction of sp³-hybridized carbons (Fsp3) is 0.100. The number of nitrogens with one attached hydrogen (secondary N) is 2. The van der Waals surface area contributed by atoms with E-state index in [-0.39, 0.29) is 16.8 Å². The number of nitrogens with zero attached hydrogens (tertiary/aromatic N) is 1. The van der Waals surface area contributed by atoms with Crippen LogP contribution in [0.4, 0.5) is 5.69 Å². The van der Waals surface area contributed by atoms with Crippen LogP contribution in [0, 0.1) is 0 Å². The fourth-order valence-electron chi connectivity index (χ4n) is 2.56. The van der Waals surface area contributed by atoms with Crippen molar-refractivity contribution in [3.8, 4) is 0 Å². The molecule has 1 atom stereocenters. The lowest BCUT2D eigenvalue weighted by Crippen LogP contribution is -2.26. The van der Waals surface area contributed by atoms with Crippen molar-refractivity contribution in [2.45, 2.75) is 17.9 Å². The van der Waals surface area contributed by atoms with Gasteiger partial charge in [-0.1, -0.05) is 28.1 Å². The van der Waals surface area contributed by atoms with Gasteiger partial charge in [0.25, 0.3) is 15.9 Å². The zero-order chi connectivity index (χ0) is 20.1. The molecule has 2 N–H and O–H groups in total. The standard InChI is InChI=1S/C20H18BrN3O3S/c1-14(16-3-2-4-17(21)13-16)23-20(25)15-5-7-19(8-6-15)28(26,27)24-18-9-11-22-12-10-18/h2-14H,1H3,(H,22,24)(H,23,25). The Morgan fingerprint density at radius 1 is 1.04 bits per heavy atom.